The zero-order valence-corrected chi connectivity index (χ0v) is 11.7. The van der Waals surface area contributed by atoms with Crippen LogP contribution in [0.25, 0.3) is 0 Å². The number of nitro benzene ring substituents is 1. The molecule has 0 saturated heterocycles. The van der Waals surface area contributed by atoms with Gasteiger partial charge in [0.05, 0.1) is 10.5 Å². The molecule has 0 saturated carbocycles. The molecule has 0 fully saturated rings. The summed E-state index contributed by atoms with van der Waals surface area (Å²) >= 11 is 5.96. The van der Waals surface area contributed by atoms with Gasteiger partial charge in [0, 0.05) is 5.56 Å². The molecule has 1 heterocycles. The fourth-order valence-electron chi connectivity index (χ4n) is 1.81. The number of nitrogens with zero attached hydrogens (tertiary/aromatic N) is 3. The molecule has 104 valence electrons. The number of hydrogen-bond donors (Lipinski definition) is 0. The smallest absolute Gasteiger partial charge is 0.314 e. The van der Waals surface area contributed by atoms with Crippen molar-refractivity contribution < 1.29 is 9.66 Å². The lowest BCUT2D eigenvalue weighted by atomic mass is 10.2. The molecule has 1 aromatic heterocycles. The van der Waals surface area contributed by atoms with Gasteiger partial charge in [-0.05, 0) is 19.4 Å². The van der Waals surface area contributed by atoms with E-state index in [0.717, 1.165) is 0 Å². The lowest BCUT2D eigenvalue weighted by Gasteiger charge is -2.10. The molecule has 0 aliphatic rings. The maximum atomic E-state index is 11.1. The highest BCUT2D eigenvalue weighted by Crippen LogP contribution is 2.35. The molecule has 0 unspecified atom stereocenters. The highest BCUT2D eigenvalue weighted by Gasteiger charge is 2.20. The Balaban J connectivity index is 2.48. The minimum Gasteiger partial charge on any atom is -0.431 e. The SMILES string of the molecule is CCc1c(Cl)ncnc1Oc1cccc(C)c1[N+](=O)[O-]. The molecule has 2 aromatic rings. The van der Waals surface area contributed by atoms with E-state index in [1.807, 2.05) is 6.92 Å². The second-order valence-electron chi connectivity index (χ2n) is 4.08. The summed E-state index contributed by atoms with van der Waals surface area (Å²) in [5.74, 6) is 0.376. The van der Waals surface area contributed by atoms with Crippen LogP contribution in [-0.2, 0) is 6.42 Å². The number of para-hydroxylation sites is 1. The number of ether oxygens (including phenoxy) is 1. The summed E-state index contributed by atoms with van der Waals surface area (Å²) in [5, 5.41) is 11.4. The Bertz CT molecular complexity index is 661. The first-order valence-electron chi connectivity index (χ1n) is 5.95. The van der Waals surface area contributed by atoms with Gasteiger partial charge in [-0.2, -0.15) is 0 Å². The molecule has 1 aromatic carbocycles. The Hall–Kier alpha value is -2.21. The van der Waals surface area contributed by atoms with Crippen LogP contribution in [0.4, 0.5) is 5.69 Å². The topological polar surface area (TPSA) is 78.2 Å². The molecule has 0 aliphatic carbocycles. The number of rotatable bonds is 4. The molecule has 0 N–H and O–H groups in total. The number of halogens is 1. The molecule has 7 heteroatoms. The van der Waals surface area contributed by atoms with Crippen molar-refractivity contribution in [3.63, 3.8) is 0 Å². The highest BCUT2D eigenvalue weighted by atomic mass is 35.5. The van der Waals surface area contributed by atoms with Crippen molar-refractivity contribution in [1.29, 1.82) is 0 Å². The van der Waals surface area contributed by atoms with Crippen molar-refractivity contribution in [2.24, 2.45) is 0 Å². The predicted molar refractivity (Wildman–Crippen MR) is 74.3 cm³/mol. The summed E-state index contributed by atoms with van der Waals surface area (Å²) in [6, 6.07) is 4.87. The molecule has 2 rings (SSSR count). The average Bonchev–Trinajstić information content (AvgIpc) is 2.38. The first-order chi connectivity index (χ1) is 9.54. The van der Waals surface area contributed by atoms with E-state index in [1.165, 1.54) is 12.4 Å². The minimum absolute atomic E-state index is 0.0794. The van der Waals surface area contributed by atoms with Crippen LogP contribution in [0.5, 0.6) is 11.6 Å². The first kappa shape index (κ1) is 14.2. The minimum atomic E-state index is -0.473. The van der Waals surface area contributed by atoms with Crippen LogP contribution in [0, 0.1) is 17.0 Å². The zero-order chi connectivity index (χ0) is 14.7. The normalized spacial score (nSPS) is 10.3. The Morgan fingerprint density at radius 3 is 2.80 bits per heavy atom. The molecular formula is C13H12ClN3O3. The maximum absolute atomic E-state index is 11.1. The van der Waals surface area contributed by atoms with E-state index in [1.54, 1.807) is 19.1 Å². The highest BCUT2D eigenvalue weighted by molar-refractivity contribution is 6.30. The molecule has 0 spiro atoms. The fourth-order valence-corrected chi connectivity index (χ4v) is 2.07. The number of aromatic nitrogens is 2. The van der Waals surface area contributed by atoms with E-state index in [-0.39, 0.29) is 22.5 Å². The van der Waals surface area contributed by atoms with Gasteiger partial charge in [-0.1, -0.05) is 30.7 Å². The molecule has 20 heavy (non-hydrogen) atoms. The summed E-state index contributed by atoms with van der Waals surface area (Å²) in [7, 11) is 0. The van der Waals surface area contributed by atoms with E-state index in [2.05, 4.69) is 9.97 Å². The van der Waals surface area contributed by atoms with E-state index in [0.29, 0.717) is 17.5 Å². The van der Waals surface area contributed by atoms with Crippen molar-refractivity contribution in [3.05, 3.63) is 50.9 Å². The van der Waals surface area contributed by atoms with Crippen molar-refractivity contribution in [3.8, 4) is 11.6 Å². The molecule has 0 radical (unpaired) electrons. The van der Waals surface area contributed by atoms with Gasteiger partial charge in [0.15, 0.2) is 0 Å². The molecule has 0 amide bonds. The Kier molecular flexibility index (Phi) is 4.14. The summed E-state index contributed by atoms with van der Waals surface area (Å²) in [6.45, 7) is 3.53. The van der Waals surface area contributed by atoms with Crippen LogP contribution in [-0.4, -0.2) is 14.9 Å². The average molecular weight is 294 g/mol. The van der Waals surface area contributed by atoms with Crippen molar-refractivity contribution in [1.82, 2.24) is 9.97 Å². The van der Waals surface area contributed by atoms with E-state index in [9.17, 15) is 10.1 Å². The Morgan fingerprint density at radius 1 is 1.40 bits per heavy atom. The van der Waals surface area contributed by atoms with Crippen LogP contribution in [0.1, 0.15) is 18.1 Å². The second kappa shape index (κ2) is 5.83. The van der Waals surface area contributed by atoms with Crippen molar-refractivity contribution in [2.75, 3.05) is 0 Å². The van der Waals surface area contributed by atoms with Crippen LogP contribution in [0.15, 0.2) is 24.5 Å². The van der Waals surface area contributed by atoms with Gasteiger partial charge >= 0.3 is 5.69 Å². The molecular weight excluding hydrogens is 282 g/mol. The van der Waals surface area contributed by atoms with Gasteiger partial charge in [-0.25, -0.2) is 9.97 Å². The number of benzene rings is 1. The molecule has 6 nitrogen and oxygen atoms in total. The van der Waals surface area contributed by atoms with Gasteiger partial charge in [0.25, 0.3) is 0 Å². The maximum Gasteiger partial charge on any atom is 0.314 e. The van der Waals surface area contributed by atoms with E-state index >= 15 is 0 Å². The van der Waals surface area contributed by atoms with Crippen molar-refractivity contribution in [2.45, 2.75) is 20.3 Å². The number of aryl methyl sites for hydroxylation is 1. The lowest BCUT2D eigenvalue weighted by Crippen LogP contribution is -2.00. The zero-order valence-electron chi connectivity index (χ0n) is 11.0. The third-order valence-electron chi connectivity index (χ3n) is 2.80. The van der Waals surface area contributed by atoms with Crippen LogP contribution in [0.3, 0.4) is 0 Å². The summed E-state index contributed by atoms with van der Waals surface area (Å²) in [6.07, 6.45) is 1.83. The fraction of sp³-hybridized carbons (Fsp3) is 0.231. The van der Waals surface area contributed by atoms with E-state index in [4.69, 9.17) is 16.3 Å². The third kappa shape index (κ3) is 2.70. The van der Waals surface area contributed by atoms with Crippen LogP contribution >= 0.6 is 11.6 Å². The summed E-state index contributed by atoms with van der Waals surface area (Å²) < 4.78 is 5.58. The van der Waals surface area contributed by atoms with Crippen molar-refractivity contribution >= 4 is 17.3 Å². The Morgan fingerprint density at radius 2 is 2.15 bits per heavy atom. The quantitative estimate of drug-likeness (QED) is 0.488. The third-order valence-corrected chi connectivity index (χ3v) is 3.12. The largest absolute Gasteiger partial charge is 0.431 e. The predicted octanol–water partition coefficient (Wildman–Crippen LogP) is 3.70. The Labute approximate surface area is 120 Å². The lowest BCUT2D eigenvalue weighted by molar-refractivity contribution is -0.386. The second-order valence-corrected chi connectivity index (χ2v) is 4.44. The summed E-state index contributed by atoms with van der Waals surface area (Å²) in [5.41, 5.74) is 1.06. The van der Waals surface area contributed by atoms with Gasteiger partial charge in [-0.15, -0.1) is 0 Å². The molecule has 0 bridgehead atoms. The van der Waals surface area contributed by atoms with Crippen LogP contribution in [0.2, 0.25) is 5.15 Å². The monoisotopic (exact) mass is 293 g/mol. The molecule has 0 aliphatic heterocycles. The number of nitro groups is 1. The van der Waals surface area contributed by atoms with Crippen LogP contribution < -0.4 is 4.74 Å². The standard InChI is InChI=1S/C13H12ClN3O3/c1-3-9-12(14)15-7-16-13(9)20-10-6-4-5-8(2)11(10)17(18)19/h4-7H,3H2,1-2H3. The molecule has 0 atom stereocenters. The van der Waals surface area contributed by atoms with Gasteiger partial charge in [0.2, 0.25) is 11.6 Å². The van der Waals surface area contributed by atoms with Gasteiger partial charge < -0.3 is 4.74 Å². The summed E-state index contributed by atoms with van der Waals surface area (Å²) in [4.78, 5) is 18.5. The van der Waals surface area contributed by atoms with Gasteiger partial charge in [-0.3, -0.25) is 10.1 Å². The first-order valence-corrected chi connectivity index (χ1v) is 6.33. The number of hydrogen-bond acceptors (Lipinski definition) is 5. The van der Waals surface area contributed by atoms with Gasteiger partial charge in [0.1, 0.15) is 11.5 Å². The van der Waals surface area contributed by atoms with E-state index < -0.39 is 4.92 Å².